The minimum absolute atomic E-state index is 0.0625. The molecule has 0 aliphatic carbocycles. The van der Waals surface area contributed by atoms with E-state index in [9.17, 15) is 4.79 Å². The molecule has 0 heterocycles. The fraction of sp³-hybridized carbons (Fsp3) is 0.889. The van der Waals surface area contributed by atoms with Crippen molar-refractivity contribution in [2.45, 2.75) is 33.2 Å². The first kappa shape index (κ1) is 14.5. The molecule has 1 atom stereocenters. The van der Waals surface area contributed by atoms with Gasteiger partial charge >= 0.3 is 0 Å². The van der Waals surface area contributed by atoms with Gasteiger partial charge in [-0.15, -0.1) is 0 Å². The quantitative estimate of drug-likeness (QED) is 0.720. The molecule has 12 heavy (non-hydrogen) atoms. The number of carbonyl (C=O) groups excluding carboxylic acids is 1. The van der Waals surface area contributed by atoms with Crippen molar-refractivity contribution in [3.8, 4) is 0 Å². The Morgan fingerprint density at radius 1 is 1.50 bits per heavy atom. The van der Waals surface area contributed by atoms with Crippen molar-refractivity contribution < 1.29 is 4.79 Å². The van der Waals surface area contributed by atoms with Crippen LogP contribution in [0.2, 0.25) is 0 Å². The molecule has 1 N–H and O–H groups in total. The van der Waals surface area contributed by atoms with Crippen LogP contribution in [-0.4, -0.2) is 30.9 Å². The Kier molecular flexibility index (Phi) is 13.3. The molecule has 0 aromatic carbocycles. The summed E-state index contributed by atoms with van der Waals surface area (Å²) in [4.78, 5) is 10.8. The second kappa shape index (κ2) is 11.0. The number of nitrogens with one attached hydrogen (secondary N) is 1. The van der Waals surface area contributed by atoms with Crippen LogP contribution in [0.4, 0.5) is 0 Å². The number of thioether (sulfide) groups is 1. The second-order valence-electron chi connectivity index (χ2n) is 2.23. The number of carbonyl (C=O) groups is 1. The van der Waals surface area contributed by atoms with Crippen LogP contribution in [0.5, 0.6) is 0 Å². The zero-order chi connectivity index (χ0) is 9.98. The SMILES string of the molecule is CC.CNC(CCSC)C(C)=O. The zero-order valence-corrected chi connectivity index (χ0v) is 9.62. The molecule has 0 bridgehead atoms. The van der Waals surface area contributed by atoms with Crippen LogP contribution in [-0.2, 0) is 4.79 Å². The highest BCUT2D eigenvalue weighted by atomic mass is 32.2. The predicted molar refractivity (Wildman–Crippen MR) is 57.9 cm³/mol. The van der Waals surface area contributed by atoms with Gasteiger partial charge in [0.05, 0.1) is 6.04 Å². The third-order valence-corrected chi connectivity index (χ3v) is 2.09. The molecular weight excluding hydrogens is 170 g/mol. The number of ketones is 1. The Morgan fingerprint density at radius 3 is 2.25 bits per heavy atom. The standard InChI is InChI=1S/C7H15NOS.C2H6/c1-6(9)7(8-2)4-5-10-3;1-2/h7-8H,4-5H2,1-3H3;1-2H3. The number of Topliss-reactive ketones (excluding diaryl/α,β-unsaturated/α-hetero) is 1. The number of likely N-dealkylation sites (N-methyl/N-ethyl adjacent to an activating group) is 1. The lowest BCUT2D eigenvalue weighted by molar-refractivity contribution is -0.118. The van der Waals surface area contributed by atoms with E-state index in [0.29, 0.717) is 0 Å². The van der Waals surface area contributed by atoms with E-state index >= 15 is 0 Å². The monoisotopic (exact) mass is 191 g/mol. The van der Waals surface area contributed by atoms with Gasteiger partial charge in [0.1, 0.15) is 5.78 Å². The Bertz CT molecular complexity index is 107. The van der Waals surface area contributed by atoms with E-state index in [1.165, 1.54) is 0 Å². The van der Waals surface area contributed by atoms with Gasteiger partial charge in [0.15, 0.2) is 0 Å². The maximum atomic E-state index is 10.8. The van der Waals surface area contributed by atoms with Crippen LogP contribution in [0.1, 0.15) is 27.2 Å². The average molecular weight is 191 g/mol. The van der Waals surface area contributed by atoms with E-state index in [0.717, 1.165) is 12.2 Å². The minimum atomic E-state index is 0.0625. The fourth-order valence-corrected chi connectivity index (χ4v) is 1.26. The third kappa shape index (κ3) is 8.08. The lowest BCUT2D eigenvalue weighted by Crippen LogP contribution is -2.32. The summed E-state index contributed by atoms with van der Waals surface area (Å²) in [6.45, 7) is 5.63. The summed E-state index contributed by atoms with van der Waals surface area (Å²) in [6, 6.07) is 0.0625. The van der Waals surface area contributed by atoms with Crippen molar-refractivity contribution in [3.63, 3.8) is 0 Å². The van der Waals surface area contributed by atoms with Gasteiger partial charge in [0.2, 0.25) is 0 Å². The van der Waals surface area contributed by atoms with Gasteiger partial charge < -0.3 is 5.32 Å². The van der Waals surface area contributed by atoms with Crippen LogP contribution >= 0.6 is 11.8 Å². The number of hydrogen-bond donors (Lipinski definition) is 1. The molecule has 0 radical (unpaired) electrons. The molecule has 0 saturated heterocycles. The Morgan fingerprint density at radius 2 is 2.00 bits per heavy atom. The topological polar surface area (TPSA) is 29.1 Å². The molecule has 0 saturated carbocycles. The molecule has 0 rings (SSSR count). The van der Waals surface area contributed by atoms with Crippen molar-refractivity contribution in [2.75, 3.05) is 19.1 Å². The third-order valence-electron chi connectivity index (χ3n) is 1.45. The molecular formula is C9H21NOS. The molecule has 0 aliphatic rings. The van der Waals surface area contributed by atoms with Crippen molar-refractivity contribution in [1.82, 2.24) is 5.32 Å². The van der Waals surface area contributed by atoms with Crippen LogP contribution in [0.15, 0.2) is 0 Å². The van der Waals surface area contributed by atoms with Gasteiger partial charge in [-0.05, 0) is 32.4 Å². The van der Waals surface area contributed by atoms with E-state index in [1.807, 2.05) is 27.2 Å². The Hall–Kier alpha value is -0.0200. The highest BCUT2D eigenvalue weighted by molar-refractivity contribution is 7.98. The molecule has 1 unspecified atom stereocenters. The number of rotatable bonds is 5. The van der Waals surface area contributed by atoms with Crippen LogP contribution in [0.3, 0.4) is 0 Å². The number of hydrogen-bond acceptors (Lipinski definition) is 3. The van der Waals surface area contributed by atoms with Gasteiger partial charge in [-0.2, -0.15) is 11.8 Å². The average Bonchev–Trinajstić information content (AvgIpc) is 2.09. The normalized spacial score (nSPS) is 11.4. The second-order valence-corrected chi connectivity index (χ2v) is 3.22. The van der Waals surface area contributed by atoms with E-state index in [2.05, 4.69) is 5.32 Å². The Balaban J connectivity index is 0. The van der Waals surface area contributed by atoms with Gasteiger partial charge in [-0.3, -0.25) is 4.79 Å². The first-order valence-electron chi connectivity index (χ1n) is 4.39. The summed E-state index contributed by atoms with van der Waals surface area (Å²) in [7, 11) is 1.83. The highest BCUT2D eigenvalue weighted by Crippen LogP contribution is 2.00. The van der Waals surface area contributed by atoms with Crippen LogP contribution in [0, 0.1) is 0 Å². The fourth-order valence-electron chi connectivity index (χ4n) is 0.787. The van der Waals surface area contributed by atoms with Crippen LogP contribution < -0.4 is 5.32 Å². The summed E-state index contributed by atoms with van der Waals surface area (Å²) in [5.41, 5.74) is 0. The van der Waals surface area contributed by atoms with Crippen molar-refractivity contribution in [3.05, 3.63) is 0 Å². The van der Waals surface area contributed by atoms with E-state index < -0.39 is 0 Å². The Labute approximate surface area is 80.5 Å². The van der Waals surface area contributed by atoms with Crippen molar-refractivity contribution >= 4 is 17.5 Å². The minimum Gasteiger partial charge on any atom is -0.311 e. The highest BCUT2D eigenvalue weighted by Gasteiger charge is 2.09. The molecule has 0 spiro atoms. The molecule has 0 fully saturated rings. The molecule has 0 amide bonds. The predicted octanol–water partition coefficient (Wildman–Crippen LogP) is 1.94. The molecule has 2 nitrogen and oxygen atoms in total. The molecule has 0 aromatic rings. The first-order chi connectivity index (χ1) is 5.72. The summed E-state index contributed by atoms with van der Waals surface area (Å²) in [6.07, 6.45) is 2.99. The van der Waals surface area contributed by atoms with Crippen LogP contribution in [0.25, 0.3) is 0 Å². The summed E-state index contributed by atoms with van der Waals surface area (Å²) in [5, 5.41) is 2.97. The lowest BCUT2D eigenvalue weighted by Gasteiger charge is -2.10. The largest absolute Gasteiger partial charge is 0.311 e. The first-order valence-corrected chi connectivity index (χ1v) is 5.78. The molecule has 3 heteroatoms. The van der Waals surface area contributed by atoms with E-state index in [-0.39, 0.29) is 11.8 Å². The van der Waals surface area contributed by atoms with E-state index in [1.54, 1.807) is 18.7 Å². The maximum absolute atomic E-state index is 10.8. The summed E-state index contributed by atoms with van der Waals surface area (Å²) >= 11 is 1.77. The van der Waals surface area contributed by atoms with Crippen molar-refractivity contribution in [1.29, 1.82) is 0 Å². The maximum Gasteiger partial charge on any atom is 0.146 e. The van der Waals surface area contributed by atoms with Gasteiger partial charge in [-0.25, -0.2) is 0 Å². The molecule has 0 aliphatic heterocycles. The molecule has 74 valence electrons. The lowest BCUT2D eigenvalue weighted by atomic mass is 10.1. The molecule has 0 aromatic heterocycles. The van der Waals surface area contributed by atoms with Gasteiger partial charge in [0, 0.05) is 0 Å². The van der Waals surface area contributed by atoms with E-state index in [4.69, 9.17) is 0 Å². The van der Waals surface area contributed by atoms with Gasteiger partial charge in [0.25, 0.3) is 0 Å². The summed E-state index contributed by atoms with van der Waals surface area (Å²) in [5.74, 6) is 1.28. The van der Waals surface area contributed by atoms with Crippen molar-refractivity contribution in [2.24, 2.45) is 0 Å². The van der Waals surface area contributed by atoms with Gasteiger partial charge in [-0.1, -0.05) is 13.8 Å². The zero-order valence-electron chi connectivity index (χ0n) is 8.81. The smallest absolute Gasteiger partial charge is 0.146 e. The summed E-state index contributed by atoms with van der Waals surface area (Å²) < 4.78 is 0.